The van der Waals surface area contributed by atoms with Crippen LogP contribution in [0.2, 0.25) is 0 Å². The van der Waals surface area contributed by atoms with Crippen LogP contribution in [0.3, 0.4) is 0 Å². The van der Waals surface area contributed by atoms with Gasteiger partial charge in [-0.1, -0.05) is 0 Å². The second kappa shape index (κ2) is 1.88. The highest BCUT2D eigenvalue weighted by atomic mass is 32.1. The Morgan fingerprint density at radius 3 is 2.50 bits per heavy atom. The maximum atomic E-state index is 2.23. The van der Waals surface area contributed by atoms with Crippen LogP contribution in [0, 0.1) is 0 Å². The van der Waals surface area contributed by atoms with E-state index in [1.165, 1.54) is 12.8 Å². The monoisotopic (exact) mass is 127 g/mol. The van der Waals surface area contributed by atoms with Gasteiger partial charge in [0.05, 0.1) is 0 Å². The second-order valence-corrected chi connectivity index (χ2v) is 2.87. The summed E-state index contributed by atoms with van der Waals surface area (Å²) in [6, 6.07) is 2.23. The Hall–Kier alpha value is -0.340. The van der Waals surface area contributed by atoms with Crippen LogP contribution in [0.1, 0.15) is 10.4 Å². The van der Waals surface area contributed by atoms with Crippen molar-refractivity contribution in [3.8, 4) is 0 Å². The van der Waals surface area contributed by atoms with Gasteiger partial charge < -0.3 is 6.15 Å². The molecule has 1 aromatic heterocycles. The fourth-order valence-corrected chi connectivity index (χ4v) is 1.82. The smallest absolute Gasteiger partial charge is 0.00806 e. The van der Waals surface area contributed by atoms with Gasteiger partial charge in [-0.05, 0) is 29.9 Å². The molecular weight excluding hydrogens is 118 g/mol. The van der Waals surface area contributed by atoms with Gasteiger partial charge in [-0.15, -0.1) is 11.3 Å². The first kappa shape index (κ1) is 5.79. The molecule has 3 N–H and O–H groups in total. The molecule has 1 aromatic rings. The zero-order valence-corrected chi connectivity index (χ0v) is 5.50. The molecule has 2 heteroatoms. The molecular formula is C6H9NS. The van der Waals surface area contributed by atoms with Crippen LogP contribution in [0.5, 0.6) is 0 Å². The summed E-state index contributed by atoms with van der Waals surface area (Å²) in [7, 11) is 0. The van der Waals surface area contributed by atoms with Crippen molar-refractivity contribution >= 4 is 11.3 Å². The van der Waals surface area contributed by atoms with Gasteiger partial charge in [0.25, 0.3) is 0 Å². The average Bonchev–Trinajstić information content (AvgIpc) is 1.85. The number of hydrogen-bond acceptors (Lipinski definition) is 2. The number of fused-ring (bicyclic) bond motifs is 1. The molecule has 1 heterocycles. The summed E-state index contributed by atoms with van der Waals surface area (Å²) in [5.74, 6) is 0. The van der Waals surface area contributed by atoms with Crippen LogP contribution in [0.15, 0.2) is 11.4 Å². The van der Waals surface area contributed by atoms with E-state index in [9.17, 15) is 0 Å². The van der Waals surface area contributed by atoms with E-state index in [2.05, 4.69) is 11.4 Å². The fraction of sp³-hybridized carbons (Fsp3) is 0.333. The van der Waals surface area contributed by atoms with Gasteiger partial charge in [0.15, 0.2) is 0 Å². The third-order valence-electron chi connectivity index (χ3n) is 1.46. The van der Waals surface area contributed by atoms with E-state index in [-0.39, 0.29) is 6.15 Å². The summed E-state index contributed by atoms with van der Waals surface area (Å²) in [6.07, 6.45) is 2.67. The molecule has 1 nitrogen and oxygen atoms in total. The Morgan fingerprint density at radius 1 is 1.38 bits per heavy atom. The minimum atomic E-state index is 0. The first-order valence-corrected chi connectivity index (χ1v) is 3.40. The zero-order chi connectivity index (χ0) is 4.69. The standard InChI is InChI=1S/C6H6S.H3N/c1-2-6-5(1)3-4-7-6;/h3-4H,1-2H2;1H3. The molecule has 0 bridgehead atoms. The van der Waals surface area contributed by atoms with E-state index in [0.29, 0.717) is 0 Å². The number of aryl methyl sites for hydroxylation is 2. The van der Waals surface area contributed by atoms with Gasteiger partial charge >= 0.3 is 0 Å². The topological polar surface area (TPSA) is 35.0 Å². The molecule has 0 saturated carbocycles. The highest BCUT2D eigenvalue weighted by Crippen LogP contribution is 2.27. The van der Waals surface area contributed by atoms with Crippen LogP contribution in [0.25, 0.3) is 0 Å². The Bertz CT molecular complexity index is 162. The van der Waals surface area contributed by atoms with Crippen LogP contribution >= 0.6 is 11.3 Å². The zero-order valence-electron chi connectivity index (χ0n) is 4.68. The number of thiophene rings is 1. The molecule has 0 atom stereocenters. The van der Waals surface area contributed by atoms with Crippen LogP contribution in [-0.2, 0) is 12.8 Å². The van der Waals surface area contributed by atoms with Gasteiger partial charge in [-0.3, -0.25) is 0 Å². The molecule has 0 aromatic carbocycles. The Morgan fingerprint density at radius 2 is 2.25 bits per heavy atom. The molecule has 0 unspecified atom stereocenters. The highest BCUT2D eigenvalue weighted by molar-refractivity contribution is 7.10. The van der Waals surface area contributed by atoms with Gasteiger partial charge in [-0.2, -0.15) is 0 Å². The van der Waals surface area contributed by atoms with Crippen molar-refractivity contribution in [2.75, 3.05) is 0 Å². The van der Waals surface area contributed by atoms with Crippen molar-refractivity contribution in [1.82, 2.24) is 6.15 Å². The van der Waals surface area contributed by atoms with Gasteiger partial charge in [0.1, 0.15) is 0 Å². The van der Waals surface area contributed by atoms with Crippen molar-refractivity contribution in [3.05, 3.63) is 21.9 Å². The van der Waals surface area contributed by atoms with E-state index >= 15 is 0 Å². The van der Waals surface area contributed by atoms with Crippen molar-refractivity contribution in [3.63, 3.8) is 0 Å². The predicted molar refractivity (Wildman–Crippen MR) is 36.7 cm³/mol. The fourth-order valence-electron chi connectivity index (χ4n) is 0.881. The molecule has 2 rings (SSSR count). The summed E-state index contributed by atoms with van der Waals surface area (Å²) < 4.78 is 0. The van der Waals surface area contributed by atoms with Crippen LogP contribution in [-0.4, -0.2) is 0 Å². The molecule has 0 aliphatic heterocycles. The normalized spacial score (nSPS) is 13.5. The molecule has 0 radical (unpaired) electrons. The third kappa shape index (κ3) is 0.572. The lowest BCUT2D eigenvalue weighted by atomic mass is 9.99. The van der Waals surface area contributed by atoms with E-state index in [1.807, 2.05) is 11.3 Å². The van der Waals surface area contributed by atoms with Crippen molar-refractivity contribution in [2.24, 2.45) is 0 Å². The van der Waals surface area contributed by atoms with Crippen molar-refractivity contribution in [1.29, 1.82) is 0 Å². The molecule has 1 aliphatic rings. The van der Waals surface area contributed by atoms with E-state index in [1.54, 1.807) is 10.4 Å². The summed E-state index contributed by atoms with van der Waals surface area (Å²) in [4.78, 5) is 1.61. The summed E-state index contributed by atoms with van der Waals surface area (Å²) in [6.45, 7) is 0. The SMILES string of the molecule is N.c1cc2c(s1)CC2. The lowest BCUT2D eigenvalue weighted by molar-refractivity contribution is 0.872. The van der Waals surface area contributed by atoms with E-state index < -0.39 is 0 Å². The van der Waals surface area contributed by atoms with E-state index in [4.69, 9.17) is 0 Å². The van der Waals surface area contributed by atoms with Gasteiger partial charge in [-0.25, -0.2) is 0 Å². The van der Waals surface area contributed by atoms with Gasteiger partial charge in [0, 0.05) is 4.88 Å². The number of hydrogen-bond donors (Lipinski definition) is 1. The lowest BCUT2D eigenvalue weighted by Crippen LogP contribution is -2.01. The van der Waals surface area contributed by atoms with E-state index in [0.717, 1.165) is 0 Å². The quantitative estimate of drug-likeness (QED) is 0.568. The lowest BCUT2D eigenvalue weighted by Gasteiger charge is -2.09. The largest absolute Gasteiger partial charge is 0.344 e. The molecule has 0 fully saturated rings. The maximum Gasteiger partial charge on any atom is 0.00806 e. The molecule has 0 amide bonds. The third-order valence-corrected chi connectivity index (χ3v) is 2.48. The second-order valence-electron chi connectivity index (χ2n) is 1.87. The molecule has 44 valence electrons. The van der Waals surface area contributed by atoms with Crippen LogP contribution < -0.4 is 6.15 Å². The van der Waals surface area contributed by atoms with Crippen molar-refractivity contribution < 1.29 is 0 Å². The number of rotatable bonds is 0. The van der Waals surface area contributed by atoms with Crippen LogP contribution in [0.4, 0.5) is 0 Å². The predicted octanol–water partition coefficient (Wildman–Crippen LogP) is 2.01. The Kier molecular flexibility index (Phi) is 1.36. The molecule has 0 saturated heterocycles. The van der Waals surface area contributed by atoms with Gasteiger partial charge in [0.2, 0.25) is 0 Å². The first-order chi connectivity index (χ1) is 3.47. The minimum Gasteiger partial charge on any atom is -0.344 e. The summed E-state index contributed by atoms with van der Waals surface area (Å²) in [5.41, 5.74) is 1.59. The Balaban J connectivity index is 0.000000320. The average molecular weight is 127 g/mol. The minimum absolute atomic E-state index is 0. The molecule has 0 spiro atoms. The Labute approximate surface area is 52.9 Å². The first-order valence-electron chi connectivity index (χ1n) is 2.52. The molecule has 8 heavy (non-hydrogen) atoms. The summed E-state index contributed by atoms with van der Waals surface area (Å²) in [5, 5.41) is 2.18. The molecule has 1 aliphatic carbocycles. The maximum absolute atomic E-state index is 2.23. The summed E-state index contributed by atoms with van der Waals surface area (Å²) >= 11 is 1.89. The van der Waals surface area contributed by atoms with Crippen molar-refractivity contribution in [2.45, 2.75) is 12.8 Å². The highest BCUT2D eigenvalue weighted by Gasteiger charge is 2.11.